The summed E-state index contributed by atoms with van der Waals surface area (Å²) in [5.41, 5.74) is 5.53. The van der Waals surface area contributed by atoms with E-state index in [0.717, 1.165) is 0 Å². The summed E-state index contributed by atoms with van der Waals surface area (Å²) < 4.78 is 0. The van der Waals surface area contributed by atoms with E-state index in [-0.39, 0.29) is 24.1 Å². The SMILES string of the molecule is NC1CC(=O)N(C(CS)C(=O)O)C1. The third kappa shape index (κ3) is 2.13. The molecule has 74 valence electrons. The van der Waals surface area contributed by atoms with Crippen LogP contribution < -0.4 is 5.73 Å². The van der Waals surface area contributed by atoms with Crippen LogP contribution in [0, 0.1) is 0 Å². The van der Waals surface area contributed by atoms with E-state index in [9.17, 15) is 9.59 Å². The molecule has 2 atom stereocenters. The minimum Gasteiger partial charge on any atom is -0.480 e. The number of aliphatic carboxylic acids is 1. The average molecular weight is 204 g/mol. The second-order valence-electron chi connectivity index (χ2n) is 3.05. The van der Waals surface area contributed by atoms with Gasteiger partial charge in [-0.2, -0.15) is 12.6 Å². The van der Waals surface area contributed by atoms with Crippen LogP contribution in [-0.2, 0) is 9.59 Å². The third-order valence-corrected chi connectivity index (χ3v) is 2.37. The molecule has 1 aliphatic rings. The van der Waals surface area contributed by atoms with Crippen LogP contribution in [0.5, 0.6) is 0 Å². The van der Waals surface area contributed by atoms with Crippen molar-refractivity contribution in [2.24, 2.45) is 5.73 Å². The van der Waals surface area contributed by atoms with Gasteiger partial charge in [0.25, 0.3) is 0 Å². The van der Waals surface area contributed by atoms with Gasteiger partial charge in [0, 0.05) is 24.8 Å². The number of carboxylic acid groups (broad SMARTS) is 1. The van der Waals surface area contributed by atoms with Gasteiger partial charge in [-0.25, -0.2) is 4.79 Å². The molecule has 3 N–H and O–H groups in total. The predicted octanol–water partition coefficient (Wildman–Crippen LogP) is -1.07. The number of likely N-dealkylation sites (tertiary alicyclic amines) is 1. The number of thiol groups is 1. The summed E-state index contributed by atoms with van der Waals surface area (Å²) in [6.07, 6.45) is 0.234. The number of hydrogen-bond acceptors (Lipinski definition) is 4. The van der Waals surface area contributed by atoms with E-state index in [1.54, 1.807) is 0 Å². The van der Waals surface area contributed by atoms with Gasteiger partial charge in [0.15, 0.2) is 0 Å². The molecule has 0 aromatic heterocycles. The molecule has 6 heteroatoms. The van der Waals surface area contributed by atoms with E-state index in [0.29, 0.717) is 6.54 Å². The quantitative estimate of drug-likeness (QED) is 0.511. The summed E-state index contributed by atoms with van der Waals surface area (Å²) >= 11 is 3.88. The molecule has 0 aromatic rings. The summed E-state index contributed by atoms with van der Waals surface area (Å²) in [5, 5.41) is 8.75. The number of amides is 1. The second-order valence-corrected chi connectivity index (χ2v) is 3.41. The lowest BCUT2D eigenvalue weighted by Crippen LogP contribution is -2.44. The monoisotopic (exact) mass is 204 g/mol. The maximum atomic E-state index is 11.2. The van der Waals surface area contributed by atoms with Crippen LogP contribution in [0.1, 0.15) is 6.42 Å². The second kappa shape index (κ2) is 3.97. The van der Waals surface area contributed by atoms with Crippen molar-refractivity contribution < 1.29 is 14.7 Å². The van der Waals surface area contributed by atoms with Crippen LogP contribution in [0.15, 0.2) is 0 Å². The predicted molar refractivity (Wildman–Crippen MR) is 49.6 cm³/mol. The van der Waals surface area contributed by atoms with Crippen LogP contribution >= 0.6 is 12.6 Å². The van der Waals surface area contributed by atoms with Crippen molar-refractivity contribution in [3.05, 3.63) is 0 Å². The highest BCUT2D eigenvalue weighted by atomic mass is 32.1. The highest BCUT2D eigenvalue weighted by Crippen LogP contribution is 2.14. The first-order valence-corrected chi connectivity index (χ1v) is 4.58. The number of nitrogens with zero attached hydrogens (tertiary/aromatic N) is 1. The zero-order valence-electron chi connectivity index (χ0n) is 7.01. The number of hydrogen-bond donors (Lipinski definition) is 3. The smallest absolute Gasteiger partial charge is 0.327 e. The molecule has 1 fully saturated rings. The summed E-state index contributed by atoms with van der Waals surface area (Å²) in [7, 11) is 0. The minimum atomic E-state index is -1.03. The van der Waals surface area contributed by atoms with E-state index in [4.69, 9.17) is 10.8 Å². The standard InChI is InChI=1S/C7H12N2O3S/c8-4-1-6(10)9(2-4)5(3-13)7(11)12/h4-5,13H,1-3,8H2,(H,11,12). The van der Waals surface area contributed by atoms with Crippen molar-refractivity contribution in [2.75, 3.05) is 12.3 Å². The van der Waals surface area contributed by atoms with Crippen molar-refractivity contribution in [3.63, 3.8) is 0 Å². The zero-order valence-corrected chi connectivity index (χ0v) is 7.91. The Kier molecular flexibility index (Phi) is 3.16. The maximum absolute atomic E-state index is 11.2. The Morgan fingerprint density at radius 3 is 2.77 bits per heavy atom. The fourth-order valence-electron chi connectivity index (χ4n) is 1.37. The lowest BCUT2D eigenvalue weighted by atomic mass is 10.3. The molecule has 1 aliphatic heterocycles. The summed E-state index contributed by atoms with van der Waals surface area (Å²) in [4.78, 5) is 23.2. The Hall–Kier alpha value is -0.750. The van der Waals surface area contributed by atoms with Gasteiger partial charge in [-0.1, -0.05) is 0 Å². The lowest BCUT2D eigenvalue weighted by Gasteiger charge is -2.22. The van der Waals surface area contributed by atoms with Crippen molar-refractivity contribution in [1.82, 2.24) is 4.90 Å². The number of carbonyl (C=O) groups excluding carboxylic acids is 1. The zero-order chi connectivity index (χ0) is 10.0. The molecule has 0 radical (unpaired) electrons. The summed E-state index contributed by atoms with van der Waals surface area (Å²) in [6.45, 7) is 0.316. The number of rotatable bonds is 3. The number of carbonyl (C=O) groups is 2. The molecule has 5 nitrogen and oxygen atoms in total. The van der Waals surface area contributed by atoms with E-state index >= 15 is 0 Å². The van der Waals surface area contributed by atoms with Crippen LogP contribution in [-0.4, -0.2) is 46.3 Å². The lowest BCUT2D eigenvalue weighted by molar-refractivity contribution is -0.147. The van der Waals surface area contributed by atoms with Crippen LogP contribution in [0.2, 0.25) is 0 Å². The Labute approximate surface area is 81.3 Å². The van der Waals surface area contributed by atoms with E-state index < -0.39 is 12.0 Å². The summed E-state index contributed by atoms with van der Waals surface area (Å²) in [5.74, 6) is -1.11. The molecule has 1 amide bonds. The van der Waals surface area contributed by atoms with Gasteiger partial charge in [0.05, 0.1) is 0 Å². The molecule has 0 saturated carbocycles. The molecule has 0 spiro atoms. The highest BCUT2D eigenvalue weighted by molar-refractivity contribution is 7.80. The van der Waals surface area contributed by atoms with Gasteiger partial charge in [-0.3, -0.25) is 4.79 Å². The van der Waals surface area contributed by atoms with Crippen molar-refractivity contribution in [3.8, 4) is 0 Å². The Balaban J connectivity index is 2.69. The molecule has 13 heavy (non-hydrogen) atoms. The molecule has 1 saturated heterocycles. The first-order chi connectivity index (χ1) is 6.06. The number of carboxylic acids is 1. The highest BCUT2D eigenvalue weighted by Gasteiger charge is 2.35. The van der Waals surface area contributed by atoms with E-state index in [1.807, 2.05) is 0 Å². The Morgan fingerprint density at radius 2 is 2.46 bits per heavy atom. The first-order valence-electron chi connectivity index (χ1n) is 3.95. The van der Waals surface area contributed by atoms with Gasteiger partial charge in [-0.05, 0) is 0 Å². The summed E-state index contributed by atoms with van der Waals surface area (Å²) in [6, 6.07) is -1.08. The van der Waals surface area contributed by atoms with Gasteiger partial charge in [0.1, 0.15) is 6.04 Å². The van der Waals surface area contributed by atoms with Crippen LogP contribution in [0.25, 0.3) is 0 Å². The van der Waals surface area contributed by atoms with Crippen molar-refractivity contribution in [2.45, 2.75) is 18.5 Å². The molecule has 1 rings (SSSR count). The van der Waals surface area contributed by atoms with Crippen molar-refractivity contribution in [1.29, 1.82) is 0 Å². The van der Waals surface area contributed by atoms with Gasteiger partial charge in [-0.15, -0.1) is 0 Å². The van der Waals surface area contributed by atoms with Gasteiger partial charge >= 0.3 is 5.97 Å². The fourth-order valence-corrected chi connectivity index (χ4v) is 1.72. The largest absolute Gasteiger partial charge is 0.480 e. The topological polar surface area (TPSA) is 83.6 Å². The van der Waals surface area contributed by atoms with Gasteiger partial charge in [0.2, 0.25) is 5.91 Å². The molecule has 0 aliphatic carbocycles. The molecular formula is C7H12N2O3S. The third-order valence-electron chi connectivity index (χ3n) is 2.02. The Morgan fingerprint density at radius 1 is 1.85 bits per heavy atom. The van der Waals surface area contributed by atoms with Gasteiger partial charge < -0.3 is 15.7 Å². The number of nitrogens with two attached hydrogens (primary N) is 1. The fraction of sp³-hybridized carbons (Fsp3) is 0.714. The van der Waals surface area contributed by atoms with E-state index in [1.165, 1.54) is 4.90 Å². The molecule has 0 aromatic carbocycles. The minimum absolute atomic E-state index is 0.119. The molecule has 1 heterocycles. The average Bonchev–Trinajstić information content (AvgIpc) is 2.31. The maximum Gasteiger partial charge on any atom is 0.327 e. The normalized spacial score (nSPS) is 24.9. The molecule has 0 bridgehead atoms. The molecular weight excluding hydrogens is 192 g/mol. The van der Waals surface area contributed by atoms with Crippen LogP contribution in [0.4, 0.5) is 0 Å². The van der Waals surface area contributed by atoms with Crippen LogP contribution in [0.3, 0.4) is 0 Å². The first kappa shape index (κ1) is 10.3. The molecule has 2 unspecified atom stereocenters. The van der Waals surface area contributed by atoms with Crippen molar-refractivity contribution >= 4 is 24.5 Å². The van der Waals surface area contributed by atoms with E-state index in [2.05, 4.69) is 12.6 Å². The Bertz CT molecular complexity index is 234.